The van der Waals surface area contributed by atoms with Crippen molar-refractivity contribution < 1.29 is 4.79 Å². The van der Waals surface area contributed by atoms with Gasteiger partial charge < -0.3 is 9.55 Å². The molecule has 59 heavy (non-hydrogen) atoms. The maximum atomic E-state index is 13.6. The fraction of sp³-hybridized carbons (Fsp3) is 0.0536. The predicted molar refractivity (Wildman–Crippen MR) is 243 cm³/mol. The smallest absolute Gasteiger partial charge is 0.196 e. The van der Waals surface area contributed by atoms with Gasteiger partial charge >= 0.3 is 0 Å². The molecule has 0 saturated heterocycles. The number of nitrogens with zero attached hydrogens (tertiary/aromatic N) is 1. The first-order valence-electron chi connectivity index (χ1n) is 20.6. The lowest BCUT2D eigenvalue weighted by Gasteiger charge is -2.24. The number of rotatable bonds is 5. The van der Waals surface area contributed by atoms with Crippen molar-refractivity contribution in [2.24, 2.45) is 5.92 Å². The van der Waals surface area contributed by atoms with Crippen LogP contribution in [0.25, 0.3) is 82.7 Å². The summed E-state index contributed by atoms with van der Waals surface area (Å²) in [5, 5.41) is 4.66. The number of hydrogen-bond acceptors (Lipinski definition) is 1. The van der Waals surface area contributed by atoms with Crippen molar-refractivity contribution in [1.82, 2.24) is 9.55 Å². The van der Waals surface area contributed by atoms with Gasteiger partial charge in [0.1, 0.15) is 0 Å². The van der Waals surface area contributed by atoms with Gasteiger partial charge in [-0.3, -0.25) is 4.79 Å². The number of nitrogens with one attached hydrogen (secondary N) is 1. The summed E-state index contributed by atoms with van der Waals surface area (Å²) in [4.78, 5) is 17.2. The first-order chi connectivity index (χ1) is 29.1. The van der Waals surface area contributed by atoms with Gasteiger partial charge in [0.15, 0.2) is 5.78 Å². The molecule has 2 heterocycles. The van der Waals surface area contributed by atoms with E-state index in [2.05, 4.69) is 179 Å². The molecule has 2 unspecified atom stereocenters. The van der Waals surface area contributed by atoms with Crippen LogP contribution in [0.1, 0.15) is 39.0 Å². The van der Waals surface area contributed by atoms with Crippen LogP contribution in [-0.4, -0.2) is 15.3 Å². The number of H-pyrrole nitrogens is 1. The highest BCUT2D eigenvalue weighted by Gasteiger charge is 2.57. The predicted octanol–water partition coefficient (Wildman–Crippen LogP) is 13.7. The number of carbonyl (C=O) groups is 1. The van der Waals surface area contributed by atoms with E-state index in [1.165, 1.54) is 55.3 Å². The van der Waals surface area contributed by atoms with Crippen molar-refractivity contribution in [2.45, 2.75) is 11.8 Å². The molecule has 276 valence electrons. The normalized spacial score (nSPS) is 17.9. The average molecular weight is 753 g/mol. The van der Waals surface area contributed by atoms with Gasteiger partial charge in [-0.15, -0.1) is 0 Å². The van der Waals surface area contributed by atoms with Crippen LogP contribution in [0.15, 0.2) is 194 Å². The molecule has 3 aliphatic carbocycles. The Morgan fingerprint density at radius 3 is 2.08 bits per heavy atom. The van der Waals surface area contributed by atoms with E-state index in [1.54, 1.807) is 0 Å². The molecule has 1 fully saturated rings. The quantitative estimate of drug-likeness (QED) is 0.187. The van der Waals surface area contributed by atoms with Gasteiger partial charge in [-0.05, 0) is 105 Å². The van der Waals surface area contributed by atoms with Crippen LogP contribution in [-0.2, 0) is 5.41 Å². The van der Waals surface area contributed by atoms with E-state index in [-0.39, 0.29) is 11.2 Å². The number of allylic oxidation sites excluding steroid dienone is 4. The summed E-state index contributed by atoms with van der Waals surface area (Å²) in [6, 6.07) is 65.6. The number of carbonyl (C=O) groups excluding carboxylic acids is 1. The average Bonchev–Trinajstić information content (AvgIpc) is 3.67. The van der Waals surface area contributed by atoms with Crippen molar-refractivity contribution in [3.63, 3.8) is 0 Å². The third-order valence-electron chi connectivity index (χ3n) is 13.4. The van der Waals surface area contributed by atoms with Gasteiger partial charge in [-0.2, -0.15) is 0 Å². The summed E-state index contributed by atoms with van der Waals surface area (Å²) >= 11 is 0. The minimum atomic E-state index is -0.0641. The van der Waals surface area contributed by atoms with Gasteiger partial charge in [-0.1, -0.05) is 152 Å². The fourth-order valence-electron chi connectivity index (χ4n) is 10.6. The minimum Gasteiger partial charge on any atom is -0.354 e. The molecule has 13 rings (SSSR count). The second-order valence-electron chi connectivity index (χ2n) is 16.5. The Bertz CT molecular complexity index is 3490. The summed E-state index contributed by atoms with van der Waals surface area (Å²) in [6.45, 7) is 0. The molecule has 0 radical (unpaired) electrons. The number of aromatic nitrogens is 2. The number of benzene rings is 8. The molecule has 10 aromatic rings. The summed E-state index contributed by atoms with van der Waals surface area (Å²) in [7, 11) is 0. The molecule has 0 bridgehead atoms. The van der Waals surface area contributed by atoms with Crippen molar-refractivity contribution >= 4 is 60.5 Å². The molecule has 0 spiro atoms. The van der Waals surface area contributed by atoms with Crippen molar-refractivity contribution in [1.29, 1.82) is 0 Å². The zero-order chi connectivity index (χ0) is 38.8. The van der Waals surface area contributed by atoms with Crippen LogP contribution in [0, 0.1) is 5.92 Å². The highest BCUT2D eigenvalue weighted by Crippen LogP contribution is 2.64. The number of para-hydroxylation sites is 1. The zero-order valence-electron chi connectivity index (χ0n) is 32.1. The summed E-state index contributed by atoms with van der Waals surface area (Å²) in [5.41, 5.74) is 18.0. The Balaban J connectivity index is 0.920. The molecule has 3 nitrogen and oxygen atoms in total. The van der Waals surface area contributed by atoms with E-state index in [0.29, 0.717) is 5.92 Å². The summed E-state index contributed by atoms with van der Waals surface area (Å²) < 4.78 is 2.45. The first-order valence-corrected chi connectivity index (χ1v) is 20.6. The lowest BCUT2D eigenvalue weighted by atomic mass is 9.81. The molecular weight excluding hydrogens is 717 g/mol. The first kappa shape index (κ1) is 32.6. The van der Waals surface area contributed by atoms with E-state index in [1.807, 2.05) is 24.3 Å². The molecular formula is C56H36N2O. The number of hydrogen-bond donors (Lipinski definition) is 1. The zero-order valence-corrected chi connectivity index (χ0v) is 32.1. The van der Waals surface area contributed by atoms with E-state index < -0.39 is 0 Å². The Kier molecular flexibility index (Phi) is 6.64. The molecule has 2 atom stereocenters. The molecule has 1 N–H and O–H groups in total. The maximum Gasteiger partial charge on any atom is 0.196 e. The van der Waals surface area contributed by atoms with Crippen molar-refractivity contribution in [3.05, 3.63) is 222 Å². The number of aromatic amines is 1. The molecule has 3 heteroatoms. The van der Waals surface area contributed by atoms with Gasteiger partial charge in [0, 0.05) is 43.7 Å². The minimum absolute atomic E-state index is 0.0641. The van der Waals surface area contributed by atoms with Gasteiger partial charge in [-0.25, -0.2) is 0 Å². The molecule has 1 saturated carbocycles. The maximum absolute atomic E-state index is 13.6. The van der Waals surface area contributed by atoms with Crippen LogP contribution in [0.4, 0.5) is 0 Å². The number of fused-ring (bicyclic) bond motifs is 11. The Morgan fingerprint density at radius 1 is 0.525 bits per heavy atom. The monoisotopic (exact) mass is 752 g/mol. The Morgan fingerprint density at radius 2 is 1.24 bits per heavy atom. The summed E-state index contributed by atoms with van der Waals surface area (Å²) in [6.07, 6.45) is 6.07. The van der Waals surface area contributed by atoms with Crippen LogP contribution in [0.2, 0.25) is 0 Å². The molecule has 8 aromatic carbocycles. The van der Waals surface area contributed by atoms with E-state index >= 15 is 0 Å². The highest BCUT2D eigenvalue weighted by molar-refractivity contribution is 6.29. The molecule has 0 aliphatic heterocycles. The van der Waals surface area contributed by atoms with Crippen LogP contribution in [0.3, 0.4) is 0 Å². The largest absolute Gasteiger partial charge is 0.354 e. The van der Waals surface area contributed by atoms with E-state index in [9.17, 15) is 4.79 Å². The second-order valence-corrected chi connectivity index (χ2v) is 16.5. The van der Waals surface area contributed by atoms with Gasteiger partial charge in [0.05, 0.1) is 22.1 Å². The highest BCUT2D eigenvalue weighted by atomic mass is 16.1. The van der Waals surface area contributed by atoms with Crippen molar-refractivity contribution in [2.75, 3.05) is 0 Å². The van der Waals surface area contributed by atoms with Gasteiger partial charge in [0.25, 0.3) is 0 Å². The SMILES string of the molecule is O=C1c2ccccc2-c2ccc3c([nH]c4ccc(-c5ccc6c(c5)c5ccccc5n6-c5cccc(C67C=C(c8ccccc8)C=C(c8ccccc8)C6C7)c5)cc43)c21. The van der Waals surface area contributed by atoms with E-state index in [4.69, 9.17) is 0 Å². The summed E-state index contributed by atoms with van der Waals surface area (Å²) in [5.74, 6) is 0.526. The van der Waals surface area contributed by atoms with Gasteiger partial charge in [0.2, 0.25) is 0 Å². The van der Waals surface area contributed by atoms with E-state index in [0.717, 1.165) is 61.6 Å². The standard InChI is InChI=1S/C56H36N2O/c59-55-45-20-8-7-18-41(45)43-24-25-44-47-28-36(22-26-50(47)57-54(44)53(43)55)37-23-27-52-48(29-37)42-19-9-10-21-51(42)58(52)40-17-11-16-39(31-40)56-32-38(34-12-3-1-4-13-34)30-46(49(56)33-56)35-14-5-2-6-15-35/h1-32,49,57H,33H2. The number of ketones is 1. The lowest BCUT2D eigenvalue weighted by molar-refractivity contribution is 0.104. The topological polar surface area (TPSA) is 37.8 Å². The second kappa shape index (κ2) is 12.0. The Labute approximate surface area is 341 Å². The van der Waals surface area contributed by atoms with Crippen LogP contribution in [0.5, 0.6) is 0 Å². The third kappa shape index (κ3) is 4.67. The van der Waals surface area contributed by atoms with Crippen molar-refractivity contribution in [3.8, 4) is 27.9 Å². The van der Waals surface area contributed by atoms with Crippen LogP contribution < -0.4 is 0 Å². The fourth-order valence-corrected chi connectivity index (χ4v) is 10.6. The molecule has 2 aromatic heterocycles. The third-order valence-corrected chi connectivity index (χ3v) is 13.4. The Hall–Kier alpha value is -7.49. The lowest BCUT2D eigenvalue weighted by Crippen LogP contribution is -2.13. The molecule has 0 amide bonds. The molecule has 3 aliphatic rings. The van der Waals surface area contributed by atoms with Crippen LogP contribution >= 0.6 is 0 Å².